The van der Waals surface area contributed by atoms with Crippen molar-refractivity contribution in [1.29, 1.82) is 0 Å². The van der Waals surface area contributed by atoms with Crippen molar-refractivity contribution in [3.63, 3.8) is 0 Å². The average Bonchev–Trinajstić information content (AvgIpc) is 2.62. The molecule has 1 aromatic rings. The van der Waals surface area contributed by atoms with E-state index in [1.165, 1.54) is 10.8 Å². The molecule has 0 aliphatic heterocycles. The molecule has 1 fully saturated rings. The van der Waals surface area contributed by atoms with Crippen molar-refractivity contribution in [1.82, 2.24) is 9.55 Å². The summed E-state index contributed by atoms with van der Waals surface area (Å²) in [5.74, 6) is -0.781. The van der Waals surface area contributed by atoms with Gasteiger partial charge in [-0.25, -0.2) is 9.78 Å². The number of aryl methyl sites for hydroxylation is 1. The number of aromatic nitrogens is 2. The maximum absolute atomic E-state index is 11.9. The molecule has 0 aromatic carbocycles. The molecule has 2 N–H and O–H groups in total. The van der Waals surface area contributed by atoms with Gasteiger partial charge < -0.3 is 15.0 Å². The van der Waals surface area contributed by atoms with Gasteiger partial charge in [-0.2, -0.15) is 0 Å². The molecule has 0 spiro atoms. The summed E-state index contributed by atoms with van der Waals surface area (Å²) >= 11 is 0. The number of anilines is 1. The second-order valence-corrected chi connectivity index (χ2v) is 5.12. The summed E-state index contributed by atoms with van der Waals surface area (Å²) in [5, 5.41) is 12.4. The van der Waals surface area contributed by atoms with Crippen molar-refractivity contribution < 1.29 is 9.90 Å². The Hall–Kier alpha value is -1.85. The van der Waals surface area contributed by atoms with E-state index in [-0.39, 0.29) is 11.4 Å². The Balaban J connectivity index is 2.33. The zero-order valence-corrected chi connectivity index (χ0v) is 11.1. The van der Waals surface area contributed by atoms with Crippen LogP contribution >= 0.6 is 0 Å². The molecule has 0 radical (unpaired) electrons. The normalized spacial score (nSPS) is 18.6. The SMILES string of the molecule is Cn1ccnc(NC2(C(=O)O)CCCCCC2)c1=O. The Morgan fingerprint density at radius 1 is 1.37 bits per heavy atom. The van der Waals surface area contributed by atoms with Gasteiger partial charge in [-0.15, -0.1) is 0 Å². The van der Waals surface area contributed by atoms with Gasteiger partial charge in [-0.1, -0.05) is 25.7 Å². The predicted molar refractivity (Wildman–Crippen MR) is 71.2 cm³/mol. The Bertz CT molecular complexity index is 516. The molecule has 0 bridgehead atoms. The highest BCUT2D eigenvalue weighted by atomic mass is 16.4. The highest BCUT2D eigenvalue weighted by Crippen LogP contribution is 2.29. The van der Waals surface area contributed by atoms with Crippen LogP contribution < -0.4 is 10.9 Å². The molecule has 6 heteroatoms. The fraction of sp³-hybridized carbons (Fsp3) is 0.615. The van der Waals surface area contributed by atoms with Gasteiger partial charge >= 0.3 is 5.97 Å². The van der Waals surface area contributed by atoms with E-state index in [0.29, 0.717) is 12.8 Å². The number of carboxylic acid groups (broad SMARTS) is 1. The number of nitrogens with one attached hydrogen (secondary N) is 1. The van der Waals surface area contributed by atoms with E-state index in [4.69, 9.17) is 0 Å². The van der Waals surface area contributed by atoms with E-state index >= 15 is 0 Å². The quantitative estimate of drug-likeness (QED) is 0.806. The molecule has 1 aliphatic rings. The van der Waals surface area contributed by atoms with E-state index in [1.54, 1.807) is 13.2 Å². The van der Waals surface area contributed by atoms with Gasteiger partial charge in [0.1, 0.15) is 5.54 Å². The van der Waals surface area contributed by atoms with E-state index in [1.807, 2.05) is 0 Å². The maximum Gasteiger partial charge on any atom is 0.329 e. The molecule has 2 rings (SSSR count). The van der Waals surface area contributed by atoms with Crippen LogP contribution in [0, 0.1) is 0 Å². The lowest BCUT2D eigenvalue weighted by Crippen LogP contribution is -2.47. The smallest absolute Gasteiger partial charge is 0.329 e. The number of rotatable bonds is 3. The minimum atomic E-state index is -1.06. The Labute approximate surface area is 111 Å². The van der Waals surface area contributed by atoms with Crippen molar-refractivity contribution in [2.75, 3.05) is 5.32 Å². The van der Waals surface area contributed by atoms with Crippen LogP contribution in [0.4, 0.5) is 5.82 Å². The molecule has 1 saturated carbocycles. The van der Waals surface area contributed by atoms with Crippen molar-refractivity contribution >= 4 is 11.8 Å². The minimum Gasteiger partial charge on any atom is -0.480 e. The number of aliphatic carboxylic acids is 1. The third-order valence-electron chi connectivity index (χ3n) is 3.74. The lowest BCUT2D eigenvalue weighted by Gasteiger charge is -2.29. The van der Waals surface area contributed by atoms with Gasteiger partial charge in [0.25, 0.3) is 5.56 Å². The van der Waals surface area contributed by atoms with Crippen LogP contribution in [0.5, 0.6) is 0 Å². The topological polar surface area (TPSA) is 84.2 Å². The van der Waals surface area contributed by atoms with Gasteiger partial charge in [0.05, 0.1) is 0 Å². The molecule has 0 saturated heterocycles. The minimum absolute atomic E-state index is 0.120. The van der Waals surface area contributed by atoms with Gasteiger partial charge in [0.15, 0.2) is 5.82 Å². The van der Waals surface area contributed by atoms with Gasteiger partial charge in [-0.3, -0.25) is 4.79 Å². The van der Waals surface area contributed by atoms with Crippen LogP contribution in [0.15, 0.2) is 17.2 Å². The Kier molecular flexibility index (Phi) is 3.87. The molecule has 6 nitrogen and oxygen atoms in total. The molecule has 1 aromatic heterocycles. The third kappa shape index (κ3) is 2.77. The molecule has 104 valence electrons. The molecule has 0 atom stereocenters. The fourth-order valence-electron chi connectivity index (χ4n) is 2.53. The standard InChI is InChI=1S/C13H19N3O3/c1-16-9-8-14-10(11(16)17)15-13(12(18)19)6-4-2-3-5-7-13/h8-9H,2-7H2,1H3,(H,14,15)(H,18,19). The lowest BCUT2D eigenvalue weighted by atomic mass is 9.90. The summed E-state index contributed by atoms with van der Waals surface area (Å²) in [6.07, 6.45) is 7.89. The Morgan fingerprint density at radius 3 is 2.58 bits per heavy atom. The number of nitrogens with zero attached hydrogens (tertiary/aromatic N) is 2. The first-order valence-electron chi connectivity index (χ1n) is 6.58. The summed E-state index contributed by atoms with van der Waals surface area (Å²) in [5.41, 5.74) is -1.36. The van der Waals surface area contributed by atoms with Crippen LogP contribution in [0.2, 0.25) is 0 Å². The maximum atomic E-state index is 11.9. The van der Waals surface area contributed by atoms with Gasteiger partial charge in [0, 0.05) is 19.4 Å². The molecule has 19 heavy (non-hydrogen) atoms. The summed E-state index contributed by atoms with van der Waals surface area (Å²) in [7, 11) is 1.62. The first-order chi connectivity index (χ1) is 9.05. The predicted octanol–water partition coefficient (Wildman–Crippen LogP) is 1.37. The average molecular weight is 265 g/mol. The van der Waals surface area contributed by atoms with E-state index in [2.05, 4.69) is 10.3 Å². The zero-order chi connectivity index (χ0) is 13.9. The van der Waals surface area contributed by atoms with Crippen LogP contribution in [-0.2, 0) is 11.8 Å². The summed E-state index contributed by atoms with van der Waals surface area (Å²) in [6.45, 7) is 0. The highest BCUT2D eigenvalue weighted by Gasteiger charge is 2.39. The molecule has 0 unspecified atom stereocenters. The number of hydrogen-bond acceptors (Lipinski definition) is 4. The zero-order valence-electron chi connectivity index (χ0n) is 11.1. The first kappa shape index (κ1) is 13.6. The second kappa shape index (κ2) is 5.42. The van der Waals surface area contributed by atoms with Crippen molar-refractivity contribution in [3.8, 4) is 0 Å². The molecular weight excluding hydrogens is 246 g/mol. The summed E-state index contributed by atoms with van der Waals surface area (Å²) in [6, 6.07) is 0. The van der Waals surface area contributed by atoms with Crippen LogP contribution in [0.25, 0.3) is 0 Å². The van der Waals surface area contributed by atoms with Crippen molar-refractivity contribution in [2.45, 2.75) is 44.1 Å². The molecule has 1 aliphatic carbocycles. The third-order valence-corrected chi connectivity index (χ3v) is 3.74. The fourth-order valence-corrected chi connectivity index (χ4v) is 2.53. The van der Waals surface area contributed by atoms with Crippen LogP contribution in [-0.4, -0.2) is 26.2 Å². The van der Waals surface area contributed by atoms with Crippen molar-refractivity contribution in [3.05, 3.63) is 22.7 Å². The number of hydrogen-bond donors (Lipinski definition) is 2. The van der Waals surface area contributed by atoms with E-state index in [9.17, 15) is 14.7 Å². The van der Waals surface area contributed by atoms with Crippen LogP contribution in [0.3, 0.4) is 0 Å². The number of carboxylic acids is 1. The highest BCUT2D eigenvalue weighted by molar-refractivity contribution is 5.82. The Morgan fingerprint density at radius 2 is 2.00 bits per heavy atom. The van der Waals surface area contributed by atoms with E-state index in [0.717, 1.165) is 25.7 Å². The van der Waals surface area contributed by atoms with Gasteiger partial charge in [-0.05, 0) is 12.8 Å². The van der Waals surface area contributed by atoms with Crippen LogP contribution in [0.1, 0.15) is 38.5 Å². The summed E-state index contributed by atoms with van der Waals surface area (Å²) in [4.78, 5) is 27.6. The second-order valence-electron chi connectivity index (χ2n) is 5.12. The monoisotopic (exact) mass is 265 g/mol. The first-order valence-corrected chi connectivity index (χ1v) is 6.58. The lowest BCUT2D eigenvalue weighted by molar-refractivity contribution is -0.142. The number of carbonyl (C=O) groups is 1. The largest absolute Gasteiger partial charge is 0.480 e. The van der Waals surface area contributed by atoms with Gasteiger partial charge in [0.2, 0.25) is 0 Å². The van der Waals surface area contributed by atoms with Crippen molar-refractivity contribution in [2.24, 2.45) is 7.05 Å². The molecule has 1 heterocycles. The molecule has 0 amide bonds. The van der Waals surface area contributed by atoms with E-state index < -0.39 is 11.5 Å². The summed E-state index contributed by atoms with van der Waals surface area (Å²) < 4.78 is 1.39. The molecular formula is C13H19N3O3.